The lowest BCUT2D eigenvalue weighted by molar-refractivity contribution is 0.401. The zero-order valence-corrected chi connectivity index (χ0v) is 10.3. The standard InChI is InChI=1S/C10H12ClNO3S/c1-15-9-3-2-7(11)4-10(9)16(13,14)8-5-12-6-8/h2-4,8,12H,5-6H2,1H3. The second-order valence-corrected chi connectivity index (χ2v) is 6.25. The highest BCUT2D eigenvalue weighted by Crippen LogP contribution is 2.30. The van der Waals surface area contributed by atoms with Gasteiger partial charge in [0.15, 0.2) is 9.84 Å². The minimum Gasteiger partial charge on any atom is -0.495 e. The first-order chi connectivity index (χ1) is 7.55. The van der Waals surface area contributed by atoms with E-state index in [-0.39, 0.29) is 10.1 Å². The van der Waals surface area contributed by atoms with E-state index < -0.39 is 9.84 Å². The lowest BCUT2D eigenvalue weighted by atomic mass is 10.3. The number of nitrogens with one attached hydrogen (secondary N) is 1. The van der Waals surface area contributed by atoms with Crippen LogP contribution >= 0.6 is 11.6 Å². The number of hydrogen-bond donors (Lipinski definition) is 1. The lowest BCUT2D eigenvalue weighted by Gasteiger charge is -2.27. The number of benzene rings is 1. The largest absolute Gasteiger partial charge is 0.495 e. The first-order valence-corrected chi connectivity index (χ1v) is 6.76. The van der Waals surface area contributed by atoms with E-state index in [1.807, 2.05) is 0 Å². The molecule has 2 rings (SSSR count). The highest BCUT2D eigenvalue weighted by atomic mass is 35.5. The number of methoxy groups -OCH3 is 1. The molecule has 0 aromatic heterocycles. The van der Waals surface area contributed by atoms with Crippen LogP contribution in [0.25, 0.3) is 0 Å². The van der Waals surface area contributed by atoms with Gasteiger partial charge in [0.1, 0.15) is 10.6 Å². The number of hydrogen-bond acceptors (Lipinski definition) is 4. The molecule has 0 radical (unpaired) electrons. The van der Waals surface area contributed by atoms with Crippen molar-refractivity contribution in [1.29, 1.82) is 0 Å². The van der Waals surface area contributed by atoms with Crippen molar-refractivity contribution in [1.82, 2.24) is 5.32 Å². The van der Waals surface area contributed by atoms with Gasteiger partial charge in [-0.2, -0.15) is 0 Å². The number of halogens is 1. The van der Waals surface area contributed by atoms with Crippen LogP contribution < -0.4 is 10.1 Å². The van der Waals surface area contributed by atoms with Crippen molar-refractivity contribution >= 4 is 21.4 Å². The molecule has 0 saturated carbocycles. The molecule has 0 atom stereocenters. The maximum Gasteiger partial charge on any atom is 0.187 e. The van der Waals surface area contributed by atoms with Crippen LogP contribution in [-0.2, 0) is 9.84 Å². The Morgan fingerprint density at radius 3 is 2.62 bits per heavy atom. The van der Waals surface area contributed by atoms with Gasteiger partial charge in [-0.3, -0.25) is 0 Å². The molecule has 88 valence electrons. The van der Waals surface area contributed by atoms with E-state index in [2.05, 4.69) is 5.32 Å². The van der Waals surface area contributed by atoms with Gasteiger partial charge in [-0.25, -0.2) is 8.42 Å². The molecule has 0 amide bonds. The monoisotopic (exact) mass is 261 g/mol. The third-order valence-corrected chi connectivity index (χ3v) is 4.99. The van der Waals surface area contributed by atoms with Crippen LogP contribution in [0.2, 0.25) is 5.02 Å². The van der Waals surface area contributed by atoms with E-state index in [1.54, 1.807) is 12.1 Å². The molecule has 4 nitrogen and oxygen atoms in total. The molecule has 1 fully saturated rings. The summed E-state index contributed by atoms with van der Waals surface area (Å²) in [6.45, 7) is 0.968. The smallest absolute Gasteiger partial charge is 0.187 e. The van der Waals surface area contributed by atoms with Crippen LogP contribution in [-0.4, -0.2) is 33.9 Å². The van der Waals surface area contributed by atoms with Gasteiger partial charge < -0.3 is 10.1 Å². The summed E-state index contributed by atoms with van der Waals surface area (Å²) in [6, 6.07) is 4.62. The zero-order valence-electron chi connectivity index (χ0n) is 8.73. The minimum absolute atomic E-state index is 0.175. The van der Waals surface area contributed by atoms with Crippen molar-refractivity contribution in [2.75, 3.05) is 20.2 Å². The molecule has 1 aromatic carbocycles. The molecule has 1 heterocycles. The molecule has 1 saturated heterocycles. The van der Waals surface area contributed by atoms with Gasteiger partial charge in [0.05, 0.1) is 12.4 Å². The summed E-state index contributed by atoms with van der Waals surface area (Å²) in [5.41, 5.74) is 0. The van der Waals surface area contributed by atoms with Gasteiger partial charge in [-0.05, 0) is 18.2 Å². The van der Waals surface area contributed by atoms with Gasteiger partial charge in [0.2, 0.25) is 0 Å². The Morgan fingerprint density at radius 1 is 1.44 bits per heavy atom. The van der Waals surface area contributed by atoms with Crippen LogP contribution in [0.4, 0.5) is 0 Å². The summed E-state index contributed by atoms with van der Waals surface area (Å²) in [5.74, 6) is 0.344. The van der Waals surface area contributed by atoms with Crippen molar-refractivity contribution in [2.45, 2.75) is 10.1 Å². The molecule has 1 aliphatic heterocycles. The Bertz CT molecular complexity index is 497. The van der Waals surface area contributed by atoms with Crippen LogP contribution in [0.5, 0.6) is 5.75 Å². The van der Waals surface area contributed by atoms with Crippen molar-refractivity contribution in [3.8, 4) is 5.75 Å². The van der Waals surface area contributed by atoms with Crippen LogP contribution in [0.3, 0.4) is 0 Å². The van der Waals surface area contributed by atoms with E-state index in [9.17, 15) is 8.42 Å². The Labute approximate surface area is 99.5 Å². The quantitative estimate of drug-likeness (QED) is 0.885. The summed E-state index contributed by atoms with van der Waals surface area (Å²) in [7, 11) is -1.89. The average molecular weight is 262 g/mol. The zero-order chi connectivity index (χ0) is 11.8. The summed E-state index contributed by atoms with van der Waals surface area (Å²) < 4.78 is 29.4. The van der Waals surface area contributed by atoms with Crippen molar-refractivity contribution in [3.05, 3.63) is 23.2 Å². The molecule has 0 spiro atoms. The fraction of sp³-hybridized carbons (Fsp3) is 0.400. The fourth-order valence-electron chi connectivity index (χ4n) is 1.53. The van der Waals surface area contributed by atoms with Gasteiger partial charge in [-0.1, -0.05) is 11.6 Å². The summed E-state index contributed by atoms with van der Waals surface area (Å²) >= 11 is 5.81. The number of rotatable bonds is 3. The predicted octanol–water partition coefficient (Wildman–Crippen LogP) is 1.09. The number of ether oxygens (including phenoxy) is 1. The molecule has 1 N–H and O–H groups in total. The van der Waals surface area contributed by atoms with E-state index in [4.69, 9.17) is 16.3 Å². The van der Waals surface area contributed by atoms with Gasteiger partial charge in [-0.15, -0.1) is 0 Å². The summed E-state index contributed by atoms with van der Waals surface area (Å²) in [4.78, 5) is 0.175. The lowest BCUT2D eigenvalue weighted by Crippen LogP contribution is -2.51. The molecule has 0 bridgehead atoms. The molecule has 16 heavy (non-hydrogen) atoms. The minimum atomic E-state index is -3.34. The molecule has 1 aliphatic rings. The number of sulfone groups is 1. The molecule has 1 aromatic rings. The highest BCUT2D eigenvalue weighted by Gasteiger charge is 2.34. The van der Waals surface area contributed by atoms with E-state index in [0.29, 0.717) is 23.9 Å². The normalized spacial score (nSPS) is 16.9. The third-order valence-electron chi connectivity index (χ3n) is 2.62. The summed E-state index contributed by atoms with van der Waals surface area (Å²) in [5, 5.41) is 2.96. The average Bonchev–Trinajstić information content (AvgIpc) is 2.14. The van der Waals surface area contributed by atoms with Crippen molar-refractivity contribution < 1.29 is 13.2 Å². The predicted molar refractivity (Wildman–Crippen MR) is 61.8 cm³/mol. The van der Waals surface area contributed by atoms with Crippen molar-refractivity contribution in [2.24, 2.45) is 0 Å². The maximum absolute atomic E-state index is 12.2. The van der Waals surface area contributed by atoms with E-state index >= 15 is 0 Å². The molecular weight excluding hydrogens is 250 g/mol. The van der Waals surface area contributed by atoms with Crippen molar-refractivity contribution in [3.63, 3.8) is 0 Å². The molecule has 0 aliphatic carbocycles. The Kier molecular flexibility index (Phi) is 3.10. The topological polar surface area (TPSA) is 55.4 Å². The first kappa shape index (κ1) is 11.7. The SMILES string of the molecule is COc1ccc(Cl)cc1S(=O)(=O)C1CNC1. The van der Waals surface area contributed by atoms with E-state index in [0.717, 1.165) is 0 Å². The Morgan fingerprint density at radius 2 is 2.12 bits per heavy atom. The highest BCUT2D eigenvalue weighted by molar-refractivity contribution is 7.92. The molecule has 0 unspecified atom stereocenters. The second-order valence-electron chi connectivity index (χ2n) is 3.62. The third kappa shape index (κ3) is 1.90. The van der Waals surface area contributed by atoms with E-state index in [1.165, 1.54) is 13.2 Å². The van der Waals surface area contributed by atoms with Crippen LogP contribution in [0, 0.1) is 0 Å². The van der Waals surface area contributed by atoms with Crippen LogP contribution in [0.15, 0.2) is 23.1 Å². The molecule has 6 heteroatoms. The fourth-order valence-corrected chi connectivity index (χ4v) is 3.53. The summed E-state index contributed by atoms with van der Waals surface area (Å²) in [6.07, 6.45) is 0. The first-order valence-electron chi connectivity index (χ1n) is 4.84. The van der Waals surface area contributed by atoms with Crippen LogP contribution in [0.1, 0.15) is 0 Å². The van der Waals surface area contributed by atoms with Gasteiger partial charge in [0.25, 0.3) is 0 Å². The maximum atomic E-state index is 12.2. The Hall–Kier alpha value is -0.780. The Balaban J connectivity index is 2.49. The van der Waals surface area contributed by atoms with Gasteiger partial charge in [0, 0.05) is 18.1 Å². The van der Waals surface area contributed by atoms with Gasteiger partial charge >= 0.3 is 0 Å². The second kappa shape index (κ2) is 4.24. The molecular formula is C10H12ClNO3S.